The number of likely N-dealkylation sites (tertiary alicyclic amines) is 1. The van der Waals surface area contributed by atoms with Crippen molar-refractivity contribution < 1.29 is 19.1 Å². The predicted molar refractivity (Wildman–Crippen MR) is 97.8 cm³/mol. The van der Waals surface area contributed by atoms with Gasteiger partial charge in [0.1, 0.15) is 5.75 Å². The minimum Gasteiger partial charge on any atom is -0.439 e. The van der Waals surface area contributed by atoms with Crippen molar-refractivity contribution in [2.24, 2.45) is 0 Å². The first-order chi connectivity index (χ1) is 13.0. The van der Waals surface area contributed by atoms with E-state index in [0.717, 1.165) is 0 Å². The first-order valence-electron chi connectivity index (χ1n) is 8.72. The molecule has 0 radical (unpaired) electrons. The number of rotatable bonds is 3. The molecule has 4 rings (SSSR count). The number of likely N-dealkylation sites (N-methyl/N-ethyl adjacent to an activating group) is 1. The molecule has 2 aliphatic rings. The van der Waals surface area contributed by atoms with Crippen molar-refractivity contribution in [2.75, 3.05) is 32.0 Å². The third kappa shape index (κ3) is 3.64. The number of para-hydroxylation sites is 1. The summed E-state index contributed by atoms with van der Waals surface area (Å²) in [4.78, 5) is 31.5. The van der Waals surface area contributed by atoms with E-state index in [1.54, 1.807) is 30.3 Å². The standard InChI is InChI=1S/C19H20N4O4/c1-22-12-19(27-18(22)25)9-10-23(13-19)17(24)21-14-7-8-16(20-11-14)26-15-5-3-2-4-6-15/h2-8,11H,9-10,12-13H2,1H3,(H,21,24)/t19-/m1/s1. The summed E-state index contributed by atoms with van der Waals surface area (Å²) in [5, 5.41) is 2.82. The molecule has 140 valence electrons. The number of aromatic nitrogens is 1. The zero-order valence-corrected chi connectivity index (χ0v) is 14.9. The van der Waals surface area contributed by atoms with E-state index in [1.165, 1.54) is 4.90 Å². The molecule has 2 aliphatic heterocycles. The Balaban J connectivity index is 1.34. The molecule has 2 fully saturated rings. The number of ether oxygens (including phenoxy) is 2. The number of carbonyl (C=O) groups excluding carboxylic acids is 2. The monoisotopic (exact) mass is 368 g/mol. The number of urea groups is 1. The van der Waals surface area contributed by atoms with Crippen molar-refractivity contribution in [3.8, 4) is 11.6 Å². The van der Waals surface area contributed by atoms with Gasteiger partial charge in [-0.1, -0.05) is 18.2 Å². The molecule has 8 nitrogen and oxygen atoms in total. The molecule has 1 aromatic heterocycles. The summed E-state index contributed by atoms with van der Waals surface area (Å²) < 4.78 is 11.1. The average molecular weight is 368 g/mol. The Morgan fingerprint density at radius 2 is 2.04 bits per heavy atom. The number of pyridine rings is 1. The molecule has 1 N–H and O–H groups in total. The molecule has 27 heavy (non-hydrogen) atoms. The highest BCUT2D eigenvalue weighted by atomic mass is 16.6. The summed E-state index contributed by atoms with van der Waals surface area (Å²) >= 11 is 0. The number of carbonyl (C=O) groups is 2. The van der Waals surface area contributed by atoms with Crippen molar-refractivity contribution >= 4 is 17.8 Å². The van der Waals surface area contributed by atoms with E-state index in [9.17, 15) is 9.59 Å². The van der Waals surface area contributed by atoms with Crippen molar-refractivity contribution in [3.05, 3.63) is 48.7 Å². The maximum atomic E-state index is 12.5. The molecule has 0 unspecified atom stereocenters. The Kier molecular flexibility index (Phi) is 4.31. The highest BCUT2D eigenvalue weighted by molar-refractivity contribution is 5.89. The van der Waals surface area contributed by atoms with E-state index in [4.69, 9.17) is 9.47 Å². The fourth-order valence-corrected chi connectivity index (χ4v) is 3.35. The Morgan fingerprint density at radius 1 is 1.22 bits per heavy atom. The molecule has 1 atom stereocenters. The highest BCUT2D eigenvalue weighted by Crippen LogP contribution is 2.32. The normalized spacial score (nSPS) is 21.4. The zero-order chi connectivity index (χ0) is 18.9. The van der Waals surface area contributed by atoms with Crippen LogP contribution in [0.3, 0.4) is 0 Å². The van der Waals surface area contributed by atoms with Gasteiger partial charge in [-0.3, -0.25) is 0 Å². The SMILES string of the molecule is CN1C[C@@]2(CCN(C(=O)Nc3ccc(Oc4ccccc4)nc3)C2)OC1=O. The number of nitrogens with zero attached hydrogens (tertiary/aromatic N) is 3. The van der Waals surface area contributed by atoms with Crippen LogP contribution in [0.25, 0.3) is 0 Å². The van der Waals surface area contributed by atoms with Gasteiger partial charge >= 0.3 is 12.1 Å². The number of amides is 3. The molecular formula is C19H20N4O4. The third-order valence-corrected chi connectivity index (χ3v) is 4.70. The van der Waals surface area contributed by atoms with Crippen molar-refractivity contribution in [1.82, 2.24) is 14.8 Å². The van der Waals surface area contributed by atoms with E-state index in [2.05, 4.69) is 10.3 Å². The second-order valence-corrected chi connectivity index (χ2v) is 6.81. The minimum absolute atomic E-state index is 0.240. The molecular weight excluding hydrogens is 348 g/mol. The second-order valence-electron chi connectivity index (χ2n) is 6.81. The summed E-state index contributed by atoms with van der Waals surface area (Å²) in [5.74, 6) is 1.14. The molecule has 1 spiro atoms. The summed E-state index contributed by atoms with van der Waals surface area (Å²) in [6.45, 7) is 1.43. The van der Waals surface area contributed by atoms with Gasteiger partial charge in [0, 0.05) is 26.1 Å². The predicted octanol–water partition coefficient (Wildman–Crippen LogP) is 2.93. The zero-order valence-electron chi connectivity index (χ0n) is 14.9. The number of anilines is 1. The van der Waals surface area contributed by atoms with Crippen LogP contribution in [0.2, 0.25) is 0 Å². The Morgan fingerprint density at radius 3 is 2.70 bits per heavy atom. The van der Waals surface area contributed by atoms with Gasteiger partial charge in [-0.05, 0) is 18.2 Å². The fraction of sp³-hybridized carbons (Fsp3) is 0.316. The van der Waals surface area contributed by atoms with Gasteiger partial charge in [-0.25, -0.2) is 14.6 Å². The second kappa shape index (κ2) is 6.79. The molecule has 8 heteroatoms. The Labute approximate surface area is 156 Å². The van der Waals surface area contributed by atoms with Crippen LogP contribution in [0.5, 0.6) is 11.6 Å². The number of hydrogen-bond acceptors (Lipinski definition) is 5. The van der Waals surface area contributed by atoms with Crippen LogP contribution < -0.4 is 10.1 Å². The van der Waals surface area contributed by atoms with Crippen molar-refractivity contribution in [3.63, 3.8) is 0 Å². The average Bonchev–Trinajstić information content (AvgIpc) is 3.20. The lowest BCUT2D eigenvalue weighted by Crippen LogP contribution is -2.40. The maximum absolute atomic E-state index is 12.5. The summed E-state index contributed by atoms with van der Waals surface area (Å²) in [7, 11) is 1.70. The molecule has 2 aromatic rings. The van der Waals surface area contributed by atoms with E-state index in [-0.39, 0.29) is 12.1 Å². The molecule has 1 aromatic carbocycles. The molecule has 3 amide bonds. The largest absolute Gasteiger partial charge is 0.439 e. The Hall–Kier alpha value is -3.29. The van der Waals surface area contributed by atoms with Gasteiger partial charge < -0.3 is 24.6 Å². The maximum Gasteiger partial charge on any atom is 0.410 e. The van der Waals surface area contributed by atoms with Crippen LogP contribution in [0.4, 0.5) is 15.3 Å². The van der Waals surface area contributed by atoms with Crippen LogP contribution in [-0.2, 0) is 4.74 Å². The van der Waals surface area contributed by atoms with E-state index in [0.29, 0.717) is 43.4 Å². The van der Waals surface area contributed by atoms with E-state index < -0.39 is 5.60 Å². The Bertz CT molecular complexity index is 843. The van der Waals surface area contributed by atoms with Crippen LogP contribution in [0.1, 0.15) is 6.42 Å². The van der Waals surface area contributed by atoms with Crippen LogP contribution in [0, 0.1) is 0 Å². The number of nitrogens with one attached hydrogen (secondary N) is 1. The van der Waals surface area contributed by atoms with Crippen molar-refractivity contribution in [2.45, 2.75) is 12.0 Å². The first-order valence-corrected chi connectivity index (χ1v) is 8.72. The number of hydrogen-bond donors (Lipinski definition) is 1. The van der Waals surface area contributed by atoms with Crippen molar-refractivity contribution in [1.29, 1.82) is 0 Å². The van der Waals surface area contributed by atoms with Crippen LogP contribution in [-0.4, -0.2) is 59.2 Å². The third-order valence-electron chi connectivity index (χ3n) is 4.70. The summed E-state index contributed by atoms with van der Waals surface area (Å²) in [6, 6.07) is 12.5. The van der Waals surface area contributed by atoms with E-state index >= 15 is 0 Å². The number of benzene rings is 1. The lowest BCUT2D eigenvalue weighted by molar-refractivity contribution is 0.0663. The minimum atomic E-state index is -0.588. The topological polar surface area (TPSA) is 84.0 Å². The van der Waals surface area contributed by atoms with Gasteiger partial charge in [0.05, 0.1) is 25.0 Å². The quantitative estimate of drug-likeness (QED) is 0.900. The molecule has 2 saturated heterocycles. The lowest BCUT2D eigenvalue weighted by atomic mass is 10.0. The summed E-state index contributed by atoms with van der Waals surface area (Å²) in [5.41, 5.74) is -0.0173. The summed E-state index contributed by atoms with van der Waals surface area (Å²) in [6.07, 6.45) is 1.85. The van der Waals surface area contributed by atoms with Gasteiger partial charge in [0.25, 0.3) is 0 Å². The fourth-order valence-electron chi connectivity index (χ4n) is 3.35. The van der Waals surface area contributed by atoms with Gasteiger partial charge in [-0.15, -0.1) is 0 Å². The smallest absolute Gasteiger partial charge is 0.410 e. The molecule has 3 heterocycles. The van der Waals surface area contributed by atoms with Gasteiger partial charge in [-0.2, -0.15) is 0 Å². The molecule has 0 saturated carbocycles. The van der Waals surface area contributed by atoms with Crippen LogP contribution >= 0.6 is 0 Å². The van der Waals surface area contributed by atoms with E-state index in [1.807, 2.05) is 30.3 Å². The van der Waals surface area contributed by atoms with Gasteiger partial charge in [0.15, 0.2) is 5.60 Å². The highest BCUT2D eigenvalue weighted by Gasteiger charge is 2.49. The van der Waals surface area contributed by atoms with Crippen LogP contribution in [0.15, 0.2) is 48.7 Å². The first kappa shape index (κ1) is 17.1. The molecule has 0 aliphatic carbocycles. The molecule has 0 bridgehead atoms. The lowest BCUT2D eigenvalue weighted by Gasteiger charge is -2.22. The van der Waals surface area contributed by atoms with Gasteiger partial charge in [0.2, 0.25) is 5.88 Å².